The number of hydrogen-bond acceptors (Lipinski definition) is 5. The molecule has 0 spiro atoms. The van der Waals surface area contributed by atoms with Gasteiger partial charge < -0.3 is 9.47 Å². The average Bonchev–Trinajstić information content (AvgIpc) is 2.86. The third-order valence-corrected chi connectivity index (χ3v) is 5.37. The van der Waals surface area contributed by atoms with E-state index in [9.17, 15) is 9.59 Å². The zero-order chi connectivity index (χ0) is 23.9. The first-order valence-corrected chi connectivity index (χ1v) is 10.8. The van der Waals surface area contributed by atoms with Crippen LogP contribution in [-0.4, -0.2) is 24.7 Å². The van der Waals surface area contributed by atoms with Crippen molar-refractivity contribution in [2.75, 3.05) is 6.61 Å². The van der Waals surface area contributed by atoms with E-state index in [2.05, 4.69) is 10.5 Å². The number of aryl methyl sites for hydroxylation is 2. The maximum atomic E-state index is 12.6. The molecule has 0 saturated carbocycles. The van der Waals surface area contributed by atoms with Crippen molar-refractivity contribution in [2.24, 2.45) is 5.10 Å². The van der Waals surface area contributed by atoms with E-state index >= 15 is 0 Å². The summed E-state index contributed by atoms with van der Waals surface area (Å²) in [5.74, 6) is 0.0808. The number of hydrazone groups is 1. The normalized spacial score (nSPS) is 10.9. The molecule has 0 saturated heterocycles. The largest absolute Gasteiger partial charge is 0.484 e. The number of esters is 1. The first-order chi connectivity index (χ1) is 16.5. The summed E-state index contributed by atoms with van der Waals surface area (Å²) >= 11 is 0. The highest BCUT2D eigenvalue weighted by Crippen LogP contribution is 2.27. The number of carbonyl (C=O) groups is 2. The Labute approximate surface area is 197 Å². The third-order valence-electron chi connectivity index (χ3n) is 5.37. The third kappa shape index (κ3) is 5.48. The molecule has 0 radical (unpaired) electrons. The molecule has 34 heavy (non-hydrogen) atoms. The van der Waals surface area contributed by atoms with Crippen LogP contribution in [0.3, 0.4) is 0 Å². The standard InChI is InChI=1S/C28H24N2O4/c1-19-12-14-23(16-20(19)2)33-18-27(31)30-29-17-25-24-11-7-6-8-21(24)13-15-26(25)34-28(32)22-9-4-3-5-10-22/h3-17H,18H2,1-2H3,(H,30,31). The lowest BCUT2D eigenvalue weighted by Crippen LogP contribution is -2.24. The Bertz CT molecular complexity index is 1360. The molecule has 0 aliphatic heterocycles. The minimum atomic E-state index is -0.476. The predicted octanol–water partition coefficient (Wildman–Crippen LogP) is 5.20. The summed E-state index contributed by atoms with van der Waals surface area (Å²) < 4.78 is 11.2. The second-order valence-electron chi connectivity index (χ2n) is 7.78. The van der Waals surface area contributed by atoms with Crippen molar-refractivity contribution in [2.45, 2.75) is 13.8 Å². The Kier molecular flexibility index (Phi) is 6.98. The van der Waals surface area contributed by atoms with Gasteiger partial charge in [-0.2, -0.15) is 5.10 Å². The zero-order valence-corrected chi connectivity index (χ0v) is 18.9. The topological polar surface area (TPSA) is 77.0 Å². The number of carbonyl (C=O) groups excluding carboxylic acids is 2. The van der Waals surface area contributed by atoms with E-state index in [-0.39, 0.29) is 6.61 Å². The van der Waals surface area contributed by atoms with Gasteiger partial charge in [0.15, 0.2) is 6.61 Å². The first kappa shape index (κ1) is 22.7. The molecule has 0 atom stereocenters. The molecular weight excluding hydrogens is 428 g/mol. The van der Waals surface area contributed by atoms with Gasteiger partial charge in [0.05, 0.1) is 11.8 Å². The Morgan fingerprint density at radius 3 is 2.44 bits per heavy atom. The minimum absolute atomic E-state index is 0.175. The summed E-state index contributed by atoms with van der Waals surface area (Å²) in [7, 11) is 0. The van der Waals surface area contributed by atoms with Gasteiger partial charge in [0, 0.05) is 5.56 Å². The fourth-order valence-electron chi connectivity index (χ4n) is 3.38. The number of nitrogens with zero attached hydrogens (tertiary/aromatic N) is 1. The summed E-state index contributed by atoms with van der Waals surface area (Å²) in [6, 6.07) is 25.7. The van der Waals surface area contributed by atoms with Crippen LogP contribution in [0.25, 0.3) is 10.8 Å². The van der Waals surface area contributed by atoms with Crippen LogP contribution in [0.15, 0.2) is 90.0 Å². The van der Waals surface area contributed by atoms with Crippen molar-refractivity contribution in [3.63, 3.8) is 0 Å². The van der Waals surface area contributed by atoms with Crippen molar-refractivity contribution in [1.29, 1.82) is 0 Å². The van der Waals surface area contributed by atoms with Gasteiger partial charge in [-0.15, -0.1) is 0 Å². The fraction of sp³-hybridized carbons (Fsp3) is 0.107. The Hall–Kier alpha value is -4.45. The average molecular weight is 453 g/mol. The number of fused-ring (bicyclic) bond motifs is 1. The molecule has 0 heterocycles. The van der Waals surface area contributed by atoms with E-state index in [0.29, 0.717) is 22.6 Å². The molecule has 1 N–H and O–H groups in total. The van der Waals surface area contributed by atoms with Crippen LogP contribution in [0.1, 0.15) is 27.0 Å². The van der Waals surface area contributed by atoms with Crippen molar-refractivity contribution < 1.29 is 19.1 Å². The molecule has 4 aromatic carbocycles. The van der Waals surface area contributed by atoms with E-state index in [1.165, 1.54) is 6.21 Å². The lowest BCUT2D eigenvalue weighted by molar-refractivity contribution is -0.123. The number of nitrogens with one attached hydrogen (secondary N) is 1. The van der Waals surface area contributed by atoms with Gasteiger partial charge in [-0.05, 0) is 66.1 Å². The van der Waals surface area contributed by atoms with Crippen LogP contribution in [0.2, 0.25) is 0 Å². The SMILES string of the molecule is Cc1ccc(OCC(=O)NN=Cc2c(OC(=O)c3ccccc3)ccc3ccccc23)cc1C. The van der Waals surface area contributed by atoms with Crippen LogP contribution in [0.4, 0.5) is 0 Å². The molecule has 6 nitrogen and oxygen atoms in total. The minimum Gasteiger partial charge on any atom is -0.484 e. The summed E-state index contributed by atoms with van der Waals surface area (Å²) in [5, 5.41) is 5.87. The molecule has 170 valence electrons. The van der Waals surface area contributed by atoms with Gasteiger partial charge in [-0.1, -0.05) is 54.6 Å². The van der Waals surface area contributed by atoms with Gasteiger partial charge in [-0.25, -0.2) is 10.2 Å². The number of ether oxygens (including phenoxy) is 2. The van der Waals surface area contributed by atoms with Gasteiger partial charge >= 0.3 is 5.97 Å². The van der Waals surface area contributed by atoms with Crippen LogP contribution >= 0.6 is 0 Å². The highest BCUT2D eigenvalue weighted by molar-refractivity contribution is 6.04. The van der Waals surface area contributed by atoms with E-state index in [0.717, 1.165) is 21.9 Å². The number of amides is 1. The highest BCUT2D eigenvalue weighted by Gasteiger charge is 2.13. The van der Waals surface area contributed by atoms with E-state index in [1.54, 1.807) is 30.3 Å². The van der Waals surface area contributed by atoms with Gasteiger partial charge in [0.25, 0.3) is 5.91 Å². The zero-order valence-electron chi connectivity index (χ0n) is 18.9. The molecule has 0 aliphatic rings. The van der Waals surface area contributed by atoms with Gasteiger partial charge in [-0.3, -0.25) is 4.79 Å². The maximum Gasteiger partial charge on any atom is 0.343 e. The predicted molar refractivity (Wildman–Crippen MR) is 132 cm³/mol. The van der Waals surface area contributed by atoms with E-state index in [4.69, 9.17) is 9.47 Å². The molecule has 6 heteroatoms. The van der Waals surface area contributed by atoms with Crippen LogP contribution in [0, 0.1) is 13.8 Å². The quantitative estimate of drug-likeness (QED) is 0.181. The molecule has 4 rings (SSSR count). The Morgan fingerprint density at radius 1 is 0.882 bits per heavy atom. The van der Waals surface area contributed by atoms with Crippen molar-refractivity contribution in [3.8, 4) is 11.5 Å². The van der Waals surface area contributed by atoms with Crippen molar-refractivity contribution in [1.82, 2.24) is 5.43 Å². The van der Waals surface area contributed by atoms with E-state index in [1.807, 2.05) is 68.4 Å². The van der Waals surface area contributed by atoms with E-state index < -0.39 is 11.9 Å². The molecule has 0 fully saturated rings. The molecule has 4 aromatic rings. The Balaban J connectivity index is 1.49. The van der Waals surface area contributed by atoms with Crippen molar-refractivity contribution in [3.05, 3.63) is 107 Å². The summed E-state index contributed by atoms with van der Waals surface area (Å²) in [5.41, 5.74) is 5.73. The van der Waals surface area contributed by atoms with Crippen molar-refractivity contribution >= 4 is 28.9 Å². The first-order valence-electron chi connectivity index (χ1n) is 10.8. The maximum absolute atomic E-state index is 12.6. The van der Waals surface area contributed by atoms with Crippen LogP contribution < -0.4 is 14.9 Å². The summed E-state index contributed by atoms with van der Waals surface area (Å²) in [4.78, 5) is 24.8. The number of rotatable bonds is 7. The summed E-state index contributed by atoms with van der Waals surface area (Å²) in [6.45, 7) is 3.82. The monoisotopic (exact) mass is 452 g/mol. The van der Waals surface area contributed by atoms with Gasteiger partial charge in [0.1, 0.15) is 11.5 Å². The lowest BCUT2D eigenvalue weighted by Gasteiger charge is -2.11. The molecule has 0 bridgehead atoms. The van der Waals surface area contributed by atoms with Crippen LogP contribution in [-0.2, 0) is 4.79 Å². The number of benzene rings is 4. The number of hydrogen-bond donors (Lipinski definition) is 1. The summed E-state index contributed by atoms with van der Waals surface area (Å²) in [6.07, 6.45) is 1.48. The second-order valence-corrected chi connectivity index (χ2v) is 7.78. The van der Waals surface area contributed by atoms with Crippen LogP contribution in [0.5, 0.6) is 11.5 Å². The molecular formula is C28H24N2O4. The highest BCUT2D eigenvalue weighted by atomic mass is 16.5. The molecule has 0 unspecified atom stereocenters. The molecule has 0 aliphatic carbocycles. The Morgan fingerprint density at radius 2 is 1.65 bits per heavy atom. The lowest BCUT2D eigenvalue weighted by atomic mass is 10.0. The van der Waals surface area contributed by atoms with Gasteiger partial charge in [0.2, 0.25) is 0 Å². The second kappa shape index (κ2) is 10.4. The molecule has 0 aromatic heterocycles. The fourth-order valence-corrected chi connectivity index (χ4v) is 3.38. The molecule has 1 amide bonds. The smallest absolute Gasteiger partial charge is 0.343 e.